The topological polar surface area (TPSA) is 49.3 Å². The summed E-state index contributed by atoms with van der Waals surface area (Å²) in [6, 6.07) is 8.31. The number of carboxylic acid groups (broad SMARTS) is 1. The molecule has 0 saturated heterocycles. The van der Waals surface area contributed by atoms with Gasteiger partial charge in [0.15, 0.2) is 0 Å². The highest BCUT2D eigenvalue weighted by atomic mass is 16.4. The fraction of sp³-hybridized carbons (Fsp3) is 0.500. The van der Waals surface area contributed by atoms with E-state index in [1.165, 1.54) is 5.56 Å². The Morgan fingerprint density at radius 3 is 2.29 bits per heavy atom. The van der Waals surface area contributed by atoms with Crippen LogP contribution in [0.2, 0.25) is 0 Å². The van der Waals surface area contributed by atoms with Crippen molar-refractivity contribution in [2.24, 2.45) is 0 Å². The van der Waals surface area contributed by atoms with Crippen LogP contribution in [0.4, 0.5) is 0 Å². The van der Waals surface area contributed by atoms with Crippen molar-refractivity contribution >= 4 is 5.97 Å². The summed E-state index contributed by atoms with van der Waals surface area (Å²) in [7, 11) is 0. The summed E-state index contributed by atoms with van der Waals surface area (Å²) in [6.07, 6.45) is 1.12. The first-order valence-electron chi connectivity index (χ1n) is 6.09. The SMILES string of the molecule is CCc1ccc(C(CC(=O)O)NC(C)C)cc1. The van der Waals surface area contributed by atoms with Crippen molar-refractivity contribution in [3.63, 3.8) is 0 Å². The summed E-state index contributed by atoms with van der Waals surface area (Å²) in [6.45, 7) is 6.15. The van der Waals surface area contributed by atoms with Gasteiger partial charge in [-0.15, -0.1) is 0 Å². The van der Waals surface area contributed by atoms with Crippen molar-refractivity contribution in [2.75, 3.05) is 0 Å². The van der Waals surface area contributed by atoms with Gasteiger partial charge in [0.05, 0.1) is 6.42 Å². The van der Waals surface area contributed by atoms with E-state index in [1.54, 1.807) is 0 Å². The zero-order valence-corrected chi connectivity index (χ0v) is 10.7. The number of nitrogens with one attached hydrogen (secondary N) is 1. The molecule has 3 heteroatoms. The summed E-state index contributed by atoms with van der Waals surface area (Å²) < 4.78 is 0. The Morgan fingerprint density at radius 2 is 1.88 bits per heavy atom. The van der Waals surface area contributed by atoms with E-state index in [9.17, 15) is 4.79 Å². The van der Waals surface area contributed by atoms with Gasteiger partial charge in [-0.05, 0) is 17.5 Å². The third-order valence-corrected chi connectivity index (χ3v) is 2.70. The Bertz CT molecular complexity index is 357. The lowest BCUT2D eigenvalue weighted by atomic mass is 10.0. The van der Waals surface area contributed by atoms with Gasteiger partial charge in [0, 0.05) is 12.1 Å². The number of aliphatic carboxylic acids is 1. The van der Waals surface area contributed by atoms with E-state index in [1.807, 2.05) is 26.0 Å². The van der Waals surface area contributed by atoms with Gasteiger partial charge in [-0.3, -0.25) is 4.79 Å². The molecule has 1 aromatic rings. The molecule has 0 radical (unpaired) electrons. The zero-order valence-electron chi connectivity index (χ0n) is 10.7. The molecule has 0 heterocycles. The number of rotatable bonds is 6. The fourth-order valence-electron chi connectivity index (χ4n) is 1.84. The van der Waals surface area contributed by atoms with E-state index >= 15 is 0 Å². The van der Waals surface area contributed by atoms with Crippen LogP contribution in [0.1, 0.15) is 44.4 Å². The second-order valence-corrected chi connectivity index (χ2v) is 4.57. The number of carboxylic acids is 1. The molecule has 0 spiro atoms. The molecule has 0 fully saturated rings. The highest BCUT2D eigenvalue weighted by Crippen LogP contribution is 2.18. The maximum Gasteiger partial charge on any atom is 0.305 e. The second kappa shape index (κ2) is 6.40. The Labute approximate surface area is 103 Å². The highest BCUT2D eigenvalue weighted by molar-refractivity contribution is 5.68. The molecule has 0 aliphatic rings. The number of carbonyl (C=O) groups is 1. The van der Waals surface area contributed by atoms with Gasteiger partial charge in [0.2, 0.25) is 0 Å². The van der Waals surface area contributed by atoms with Gasteiger partial charge in [0.1, 0.15) is 0 Å². The van der Waals surface area contributed by atoms with Crippen LogP contribution in [0.15, 0.2) is 24.3 Å². The first-order chi connectivity index (χ1) is 8.02. The van der Waals surface area contributed by atoms with Crippen molar-refractivity contribution in [1.82, 2.24) is 5.32 Å². The van der Waals surface area contributed by atoms with Crippen molar-refractivity contribution in [3.8, 4) is 0 Å². The van der Waals surface area contributed by atoms with Crippen LogP contribution in [-0.2, 0) is 11.2 Å². The van der Waals surface area contributed by atoms with Gasteiger partial charge < -0.3 is 10.4 Å². The Morgan fingerprint density at radius 1 is 1.29 bits per heavy atom. The normalized spacial score (nSPS) is 12.7. The molecule has 1 unspecified atom stereocenters. The Kier molecular flexibility index (Phi) is 5.16. The lowest BCUT2D eigenvalue weighted by Crippen LogP contribution is -2.29. The number of benzene rings is 1. The van der Waals surface area contributed by atoms with Crippen LogP contribution in [0, 0.1) is 0 Å². The summed E-state index contributed by atoms with van der Waals surface area (Å²) >= 11 is 0. The molecule has 0 amide bonds. The van der Waals surface area contributed by atoms with Crippen molar-refractivity contribution < 1.29 is 9.90 Å². The molecular formula is C14H21NO2. The van der Waals surface area contributed by atoms with Gasteiger partial charge >= 0.3 is 5.97 Å². The third-order valence-electron chi connectivity index (χ3n) is 2.70. The summed E-state index contributed by atoms with van der Waals surface area (Å²) in [5.74, 6) is -0.775. The van der Waals surface area contributed by atoms with Gasteiger partial charge in [0.25, 0.3) is 0 Å². The van der Waals surface area contributed by atoms with Gasteiger partial charge in [-0.25, -0.2) is 0 Å². The van der Waals surface area contributed by atoms with Gasteiger partial charge in [-0.1, -0.05) is 45.0 Å². The maximum absolute atomic E-state index is 10.8. The number of hydrogen-bond acceptors (Lipinski definition) is 2. The predicted octanol–water partition coefficient (Wildman–Crippen LogP) is 2.76. The van der Waals surface area contributed by atoms with Crippen LogP contribution in [0.5, 0.6) is 0 Å². The smallest absolute Gasteiger partial charge is 0.305 e. The predicted molar refractivity (Wildman–Crippen MR) is 69.1 cm³/mol. The van der Waals surface area contributed by atoms with E-state index in [-0.39, 0.29) is 18.5 Å². The minimum Gasteiger partial charge on any atom is -0.481 e. The minimum absolute atomic E-state index is 0.113. The molecule has 94 valence electrons. The lowest BCUT2D eigenvalue weighted by Gasteiger charge is -2.20. The molecule has 0 aliphatic carbocycles. The molecule has 0 aliphatic heterocycles. The van der Waals surface area contributed by atoms with Gasteiger partial charge in [-0.2, -0.15) is 0 Å². The van der Waals surface area contributed by atoms with Crippen LogP contribution in [-0.4, -0.2) is 17.1 Å². The van der Waals surface area contributed by atoms with E-state index in [0.29, 0.717) is 0 Å². The molecule has 17 heavy (non-hydrogen) atoms. The molecule has 0 bridgehead atoms. The molecule has 1 atom stereocenters. The molecule has 0 aromatic heterocycles. The molecule has 1 aromatic carbocycles. The lowest BCUT2D eigenvalue weighted by molar-refractivity contribution is -0.137. The largest absolute Gasteiger partial charge is 0.481 e. The summed E-state index contributed by atoms with van der Waals surface area (Å²) in [4.78, 5) is 10.8. The molecule has 1 rings (SSSR count). The summed E-state index contributed by atoms with van der Waals surface area (Å²) in [5.41, 5.74) is 2.31. The average molecular weight is 235 g/mol. The minimum atomic E-state index is -0.775. The first kappa shape index (κ1) is 13.7. The van der Waals surface area contributed by atoms with Crippen molar-refractivity contribution in [1.29, 1.82) is 0 Å². The maximum atomic E-state index is 10.8. The second-order valence-electron chi connectivity index (χ2n) is 4.57. The monoisotopic (exact) mass is 235 g/mol. The van der Waals surface area contributed by atoms with E-state index in [4.69, 9.17) is 5.11 Å². The summed E-state index contributed by atoms with van der Waals surface area (Å²) in [5, 5.41) is 12.2. The van der Waals surface area contributed by atoms with Crippen LogP contribution >= 0.6 is 0 Å². The number of aryl methyl sites for hydroxylation is 1. The quantitative estimate of drug-likeness (QED) is 0.797. The average Bonchev–Trinajstić information content (AvgIpc) is 2.27. The van der Waals surface area contributed by atoms with E-state index < -0.39 is 5.97 Å². The first-order valence-corrected chi connectivity index (χ1v) is 6.09. The third kappa shape index (κ3) is 4.57. The molecule has 3 nitrogen and oxygen atoms in total. The van der Waals surface area contributed by atoms with E-state index in [2.05, 4.69) is 24.4 Å². The Balaban J connectivity index is 2.83. The van der Waals surface area contributed by atoms with Crippen LogP contribution < -0.4 is 5.32 Å². The molecule has 2 N–H and O–H groups in total. The van der Waals surface area contributed by atoms with E-state index in [0.717, 1.165) is 12.0 Å². The number of hydrogen-bond donors (Lipinski definition) is 2. The fourth-order valence-corrected chi connectivity index (χ4v) is 1.84. The Hall–Kier alpha value is -1.35. The standard InChI is InChI=1S/C14H21NO2/c1-4-11-5-7-12(8-6-11)13(9-14(16)17)15-10(2)3/h5-8,10,13,15H,4,9H2,1-3H3,(H,16,17). The zero-order chi connectivity index (χ0) is 12.8. The van der Waals surface area contributed by atoms with Crippen molar-refractivity contribution in [3.05, 3.63) is 35.4 Å². The van der Waals surface area contributed by atoms with Crippen molar-refractivity contribution in [2.45, 2.75) is 45.7 Å². The van der Waals surface area contributed by atoms with Crippen LogP contribution in [0.3, 0.4) is 0 Å². The molecule has 0 saturated carbocycles. The highest BCUT2D eigenvalue weighted by Gasteiger charge is 2.15. The van der Waals surface area contributed by atoms with Crippen LogP contribution in [0.25, 0.3) is 0 Å². The molecular weight excluding hydrogens is 214 g/mol.